The summed E-state index contributed by atoms with van der Waals surface area (Å²) in [4.78, 5) is 4.31. The molecule has 0 radical (unpaired) electrons. The van der Waals surface area contributed by atoms with E-state index in [1.807, 2.05) is 19.1 Å². The SMILES string of the molecule is CCCCCOc1ccc(CC(C)N)nc1. The predicted octanol–water partition coefficient (Wildman–Crippen LogP) is 2.54. The molecule has 16 heavy (non-hydrogen) atoms. The van der Waals surface area contributed by atoms with Crippen molar-refractivity contribution in [1.29, 1.82) is 0 Å². The van der Waals surface area contributed by atoms with Crippen LogP contribution in [0.1, 0.15) is 38.8 Å². The molecule has 0 aromatic carbocycles. The smallest absolute Gasteiger partial charge is 0.137 e. The Bertz CT molecular complexity index is 282. The van der Waals surface area contributed by atoms with Gasteiger partial charge in [0.15, 0.2) is 0 Å². The molecule has 1 rings (SSSR count). The van der Waals surface area contributed by atoms with Crippen LogP contribution in [0, 0.1) is 0 Å². The number of pyridine rings is 1. The Morgan fingerprint density at radius 3 is 2.75 bits per heavy atom. The maximum Gasteiger partial charge on any atom is 0.137 e. The Kier molecular flexibility index (Phi) is 5.86. The minimum atomic E-state index is 0.156. The summed E-state index contributed by atoms with van der Waals surface area (Å²) in [7, 11) is 0. The number of aromatic nitrogens is 1. The van der Waals surface area contributed by atoms with E-state index in [4.69, 9.17) is 10.5 Å². The number of hydrogen-bond acceptors (Lipinski definition) is 3. The van der Waals surface area contributed by atoms with Gasteiger partial charge in [0, 0.05) is 18.2 Å². The fraction of sp³-hybridized carbons (Fsp3) is 0.615. The quantitative estimate of drug-likeness (QED) is 0.721. The predicted molar refractivity (Wildman–Crippen MR) is 66.6 cm³/mol. The minimum absolute atomic E-state index is 0.156. The van der Waals surface area contributed by atoms with E-state index in [2.05, 4.69) is 11.9 Å². The second-order valence-electron chi connectivity index (χ2n) is 4.22. The van der Waals surface area contributed by atoms with Crippen molar-refractivity contribution in [2.24, 2.45) is 5.73 Å². The molecular formula is C13H22N2O. The summed E-state index contributed by atoms with van der Waals surface area (Å²) in [6.07, 6.45) is 6.14. The molecule has 0 aliphatic carbocycles. The van der Waals surface area contributed by atoms with Gasteiger partial charge in [0.2, 0.25) is 0 Å². The summed E-state index contributed by atoms with van der Waals surface area (Å²) in [6.45, 7) is 4.95. The van der Waals surface area contributed by atoms with Crippen LogP contribution in [-0.2, 0) is 6.42 Å². The van der Waals surface area contributed by atoms with Crippen LogP contribution in [0.25, 0.3) is 0 Å². The highest BCUT2D eigenvalue weighted by atomic mass is 16.5. The molecule has 0 aliphatic heterocycles. The van der Waals surface area contributed by atoms with Crippen LogP contribution in [0.5, 0.6) is 5.75 Å². The number of unbranched alkanes of at least 4 members (excludes halogenated alkanes) is 2. The highest BCUT2D eigenvalue weighted by molar-refractivity contribution is 5.20. The largest absolute Gasteiger partial charge is 0.492 e. The first kappa shape index (κ1) is 13.0. The number of hydrogen-bond donors (Lipinski definition) is 1. The van der Waals surface area contributed by atoms with Gasteiger partial charge in [0.05, 0.1) is 12.8 Å². The first-order chi connectivity index (χ1) is 7.72. The third-order valence-electron chi connectivity index (χ3n) is 2.35. The molecule has 1 aromatic rings. The van der Waals surface area contributed by atoms with E-state index in [1.165, 1.54) is 12.8 Å². The summed E-state index contributed by atoms with van der Waals surface area (Å²) in [6, 6.07) is 4.11. The molecule has 2 N–H and O–H groups in total. The highest BCUT2D eigenvalue weighted by Gasteiger charge is 2.00. The van der Waals surface area contributed by atoms with Crippen molar-refractivity contribution >= 4 is 0 Å². The first-order valence-corrected chi connectivity index (χ1v) is 6.05. The van der Waals surface area contributed by atoms with Gasteiger partial charge in [-0.05, 0) is 25.5 Å². The highest BCUT2D eigenvalue weighted by Crippen LogP contribution is 2.10. The molecular weight excluding hydrogens is 200 g/mol. The van der Waals surface area contributed by atoms with Crippen molar-refractivity contribution in [2.45, 2.75) is 45.6 Å². The van der Waals surface area contributed by atoms with Gasteiger partial charge >= 0.3 is 0 Å². The first-order valence-electron chi connectivity index (χ1n) is 6.05. The standard InChI is InChI=1S/C13H22N2O/c1-3-4-5-8-16-13-7-6-12(15-10-13)9-11(2)14/h6-7,10-11H,3-5,8-9,14H2,1-2H3. The van der Waals surface area contributed by atoms with E-state index in [1.54, 1.807) is 6.20 Å². The normalized spacial score (nSPS) is 12.4. The van der Waals surface area contributed by atoms with Crippen LogP contribution in [-0.4, -0.2) is 17.6 Å². The molecule has 0 amide bonds. The van der Waals surface area contributed by atoms with E-state index in [-0.39, 0.29) is 6.04 Å². The molecule has 1 aromatic heterocycles. The maximum atomic E-state index is 5.70. The number of nitrogens with two attached hydrogens (primary N) is 1. The van der Waals surface area contributed by atoms with Gasteiger partial charge in [-0.3, -0.25) is 4.98 Å². The zero-order valence-electron chi connectivity index (χ0n) is 10.3. The molecule has 1 atom stereocenters. The number of ether oxygens (including phenoxy) is 1. The Labute approximate surface area is 98.0 Å². The van der Waals surface area contributed by atoms with E-state index in [0.29, 0.717) is 0 Å². The van der Waals surface area contributed by atoms with Crippen LogP contribution >= 0.6 is 0 Å². The van der Waals surface area contributed by atoms with Gasteiger partial charge in [-0.15, -0.1) is 0 Å². The summed E-state index contributed by atoms with van der Waals surface area (Å²) < 4.78 is 5.57. The van der Waals surface area contributed by atoms with Crippen LogP contribution in [0.2, 0.25) is 0 Å². The topological polar surface area (TPSA) is 48.1 Å². The number of nitrogens with zero attached hydrogens (tertiary/aromatic N) is 1. The summed E-state index contributed by atoms with van der Waals surface area (Å²) in [5.74, 6) is 0.851. The van der Waals surface area contributed by atoms with Gasteiger partial charge in [-0.2, -0.15) is 0 Å². The zero-order chi connectivity index (χ0) is 11.8. The van der Waals surface area contributed by atoms with Gasteiger partial charge in [0.25, 0.3) is 0 Å². The fourth-order valence-electron chi connectivity index (χ4n) is 1.49. The van der Waals surface area contributed by atoms with E-state index >= 15 is 0 Å². The fourth-order valence-corrected chi connectivity index (χ4v) is 1.49. The molecule has 1 unspecified atom stereocenters. The molecule has 90 valence electrons. The molecule has 0 bridgehead atoms. The lowest BCUT2D eigenvalue weighted by atomic mass is 10.2. The third kappa shape index (κ3) is 5.12. The summed E-state index contributed by atoms with van der Waals surface area (Å²) in [5, 5.41) is 0. The average molecular weight is 222 g/mol. The second kappa shape index (κ2) is 7.23. The van der Waals surface area contributed by atoms with Crippen LogP contribution in [0.4, 0.5) is 0 Å². The van der Waals surface area contributed by atoms with Gasteiger partial charge in [-0.1, -0.05) is 19.8 Å². The lowest BCUT2D eigenvalue weighted by Crippen LogP contribution is -2.18. The van der Waals surface area contributed by atoms with E-state index < -0.39 is 0 Å². The monoisotopic (exact) mass is 222 g/mol. The Balaban J connectivity index is 2.33. The maximum absolute atomic E-state index is 5.70. The van der Waals surface area contributed by atoms with Gasteiger partial charge < -0.3 is 10.5 Å². The van der Waals surface area contributed by atoms with Crippen molar-refractivity contribution in [2.75, 3.05) is 6.61 Å². The van der Waals surface area contributed by atoms with Crippen molar-refractivity contribution in [3.63, 3.8) is 0 Å². The molecule has 1 heterocycles. The molecule has 0 spiro atoms. The molecule has 0 saturated heterocycles. The molecule has 0 fully saturated rings. The zero-order valence-corrected chi connectivity index (χ0v) is 10.3. The van der Waals surface area contributed by atoms with Crippen LogP contribution < -0.4 is 10.5 Å². The average Bonchev–Trinajstić information content (AvgIpc) is 2.26. The van der Waals surface area contributed by atoms with Crippen molar-refractivity contribution in [1.82, 2.24) is 4.98 Å². The Hall–Kier alpha value is -1.09. The van der Waals surface area contributed by atoms with Crippen molar-refractivity contribution < 1.29 is 4.74 Å². The molecule has 3 nitrogen and oxygen atoms in total. The molecule has 3 heteroatoms. The second-order valence-corrected chi connectivity index (χ2v) is 4.22. The molecule has 0 saturated carbocycles. The molecule has 0 aliphatic rings. The Morgan fingerprint density at radius 1 is 1.38 bits per heavy atom. The van der Waals surface area contributed by atoms with Crippen LogP contribution in [0.3, 0.4) is 0 Å². The van der Waals surface area contributed by atoms with E-state index in [9.17, 15) is 0 Å². The van der Waals surface area contributed by atoms with Gasteiger partial charge in [0.1, 0.15) is 5.75 Å². The lowest BCUT2D eigenvalue weighted by Gasteiger charge is -2.07. The van der Waals surface area contributed by atoms with Gasteiger partial charge in [-0.25, -0.2) is 0 Å². The van der Waals surface area contributed by atoms with Crippen molar-refractivity contribution in [3.05, 3.63) is 24.0 Å². The van der Waals surface area contributed by atoms with E-state index in [0.717, 1.165) is 30.9 Å². The number of rotatable bonds is 7. The Morgan fingerprint density at radius 2 is 2.19 bits per heavy atom. The summed E-state index contributed by atoms with van der Waals surface area (Å²) >= 11 is 0. The van der Waals surface area contributed by atoms with Crippen LogP contribution in [0.15, 0.2) is 18.3 Å². The lowest BCUT2D eigenvalue weighted by molar-refractivity contribution is 0.305. The van der Waals surface area contributed by atoms with Crippen molar-refractivity contribution in [3.8, 4) is 5.75 Å². The minimum Gasteiger partial charge on any atom is -0.492 e. The summed E-state index contributed by atoms with van der Waals surface area (Å²) in [5.41, 5.74) is 6.73. The third-order valence-corrected chi connectivity index (χ3v) is 2.35.